The Balaban J connectivity index is 2.06. The third-order valence-corrected chi connectivity index (χ3v) is 4.70. The van der Waals surface area contributed by atoms with Crippen molar-refractivity contribution >= 4 is 0 Å². The van der Waals surface area contributed by atoms with E-state index in [1.165, 1.54) is 31.4 Å². The van der Waals surface area contributed by atoms with Crippen molar-refractivity contribution in [2.24, 2.45) is 30.5 Å². The molecule has 2 N–H and O–H groups in total. The summed E-state index contributed by atoms with van der Waals surface area (Å²) in [5.41, 5.74) is 8.45. The molecule has 1 aliphatic carbocycles. The van der Waals surface area contributed by atoms with E-state index in [2.05, 4.69) is 32.1 Å². The summed E-state index contributed by atoms with van der Waals surface area (Å²) in [5.74, 6) is 2.37. The first-order valence-corrected chi connectivity index (χ1v) is 7.33. The minimum Gasteiger partial charge on any atom is -0.330 e. The second kappa shape index (κ2) is 5.87. The lowest BCUT2D eigenvalue weighted by molar-refractivity contribution is 0.178. The molecule has 1 heterocycles. The van der Waals surface area contributed by atoms with Gasteiger partial charge in [-0.15, -0.1) is 0 Å². The van der Waals surface area contributed by atoms with Crippen molar-refractivity contribution in [1.82, 2.24) is 9.78 Å². The molecule has 0 amide bonds. The number of nitrogens with two attached hydrogens (primary N) is 1. The van der Waals surface area contributed by atoms with Crippen LogP contribution in [0.1, 0.15) is 44.0 Å². The molecule has 1 aliphatic rings. The SMILES string of the molecule is CCC1CCC(CN)C(Cc2cc(C)nn2C)C1. The molecule has 0 radical (unpaired) electrons. The van der Waals surface area contributed by atoms with Crippen molar-refractivity contribution in [1.29, 1.82) is 0 Å². The fourth-order valence-electron chi connectivity index (χ4n) is 3.48. The fourth-order valence-corrected chi connectivity index (χ4v) is 3.48. The lowest BCUT2D eigenvalue weighted by atomic mass is 9.71. The zero-order valence-corrected chi connectivity index (χ0v) is 12.0. The van der Waals surface area contributed by atoms with Gasteiger partial charge in [-0.1, -0.05) is 19.8 Å². The van der Waals surface area contributed by atoms with Crippen molar-refractivity contribution in [2.45, 2.75) is 46.0 Å². The third-order valence-electron chi connectivity index (χ3n) is 4.70. The van der Waals surface area contributed by atoms with Gasteiger partial charge in [0, 0.05) is 12.7 Å². The monoisotopic (exact) mass is 249 g/mol. The van der Waals surface area contributed by atoms with Gasteiger partial charge >= 0.3 is 0 Å². The van der Waals surface area contributed by atoms with Gasteiger partial charge in [-0.2, -0.15) is 5.10 Å². The molecule has 0 aromatic carbocycles. The van der Waals surface area contributed by atoms with Crippen LogP contribution in [0.2, 0.25) is 0 Å². The van der Waals surface area contributed by atoms with Gasteiger partial charge in [0.2, 0.25) is 0 Å². The first-order chi connectivity index (χ1) is 8.63. The van der Waals surface area contributed by atoms with Crippen LogP contribution in [0, 0.1) is 24.7 Å². The Morgan fingerprint density at radius 2 is 2.17 bits per heavy atom. The van der Waals surface area contributed by atoms with Crippen molar-refractivity contribution in [3.8, 4) is 0 Å². The molecule has 0 spiro atoms. The largest absolute Gasteiger partial charge is 0.330 e. The smallest absolute Gasteiger partial charge is 0.0596 e. The van der Waals surface area contributed by atoms with Crippen LogP contribution in [0.3, 0.4) is 0 Å². The van der Waals surface area contributed by atoms with E-state index in [4.69, 9.17) is 5.73 Å². The Bertz CT molecular complexity index is 383. The maximum Gasteiger partial charge on any atom is 0.0596 e. The van der Waals surface area contributed by atoms with E-state index in [0.29, 0.717) is 5.92 Å². The van der Waals surface area contributed by atoms with Crippen LogP contribution in [0.25, 0.3) is 0 Å². The Morgan fingerprint density at radius 3 is 2.72 bits per heavy atom. The zero-order valence-electron chi connectivity index (χ0n) is 12.0. The van der Waals surface area contributed by atoms with Gasteiger partial charge in [-0.3, -0.25) is 4.68 Å². The van der Waals surface area contributed by atoms with Crippen LogP contribution in [-0.4, -0.2) is 16.3 Å². The molecule has 0 aliphatic heterocycles. The summed E-state index contributed by atoms with van der Waals surface area (Å²) >= 11 is 0. The van der Waals surface area contributed by atoms with Gasteiger partial charge in [-0.25, -0.2) is 0 Å². The molecule has 1 aromatic rings. The summed E-state index contributed by atoms with van der Waals surface area (Å²) in [4.78, 5) is 0. The second-order valence-electron chi connectivity index (χ2n) is 5.95. The van der Waals surface area contributed by atoms with E-state index in [9.17, 15) is 0 Å². The molecule has 1 fully saturated rings. The molecule has 3 nitrogen and oxygen atoms in total. The van der Waals surface area contributed by atoms with Crippen LogP contribution in [0.15, 0.2) is 6.07 Å². The Morgan fingerprint density at radius 1 is 1.39 bits per heavy atom. The van der Waals surface area contributed by atoms with Gasteiger partial charge < -0.3 is 5.73 Å². The molecule has 102 valence electrons. The van der Waals surface area contributed by atoms with Gasteiger partial charge in [0.1, 0.15) is 0 Å². The van der Waals surface area contributed by atoms with Crippen molar-refractivity contribution in [3.63, 3.8) is 0 Å². The van der Waals surface area contributed by atoms with Crippen LogP contribution in [-0.2, 0) is 13.5 Å². The Labute approximate surface area is 111 Å². The minimum atomic E-state index is 0.711. The molecule has 0 saturated heterocycles. The maximum atomic E-state index is 5.96. The summed E-state index contributed by atoms with van der Waals surface area (Å²) in [6, 6.07) is 2.23. The number of hydrogen-bond donors (Lipinski definition) is 1. The predicted molar refractivity (Wildman–Crippen MR) is 75.3 cm³/mol. The van der Waals surface area contributed by atoms with Gasteiger partial charge in [0.15, 0.2) is 0 Å². The highest BCUT2D eigenvalue weighted by atomic mass is 15.3. The standard InChI is InChI=1S/C15H27N3/c1-4-12-5-6-13(10-16)14(8-12)9-15-7-11(2)17-18(15)3/h7,12-14H,4-6,8-10,16H2,1-3H3. The van der Waals surface area contributed by atoms with E-state index in [0.717, 1.165) is 30.5 Å². The maximum absolute atomic E-state index is 5.96. The highest BCUT2D eigenvalue weighted by Gasteiger charge is 2.29. The summed E-state index contributed by atoms with van der Waals surface area (Å²) in [5, 5.41) is 4.45. The summed E-state index contributed by atoms with van der Waals surface area (Å²) in [6.45, 7) is 5.23. The molecular weight excluding hydrogens is 222 g/mol. The molecule has 3 heteroatoms. The summed E-state index contributed by atoms with van der Waals surface area (Å²) in [7, 11) is 2.06. The highest BCUT2D eigenvalue weighted by molar-refractivity contribution is 5.10. The molecular formula is C15H27N3. The second-order valence-corrected chi connectivity index (χ2v) is 5.95. The fraction of sp³-hybridized carbons (Fsp3) is 0.800. The number of nitrogens with zero attached hydrogens (tertiary/aromatic N) is 2. The number of rotatable bonds is 4. The quantitative estimate of drug-likeness (QED) is 0.891. The van der Waals surface area contributed by atoms with E-state index in [1.807, 2.05) is 4.68 Å². The number of hydrogen-bond acceptors (Lipinski definition) is 2. The van der Waals surface area contributed by atoms with Crippen LogP contribution < -0.4 is 5.73 Å². The highest BCUT2D eigenvalue weighted by Crippen LogP contribution is 2.36. The van der Waals surface area contributed by atoms with Crippen LogP contribution >= 0.6 is 0 Å². The summed E-state index contributed by atoms with van der Waals surface area (Å²) < 4.78 is 2.04. The lowest BCUT2D eigenvalue weighted by Gasteiger charge is -2.35. The molecule has 1 aromatic heterocycles. The lowest BCUT2D eigenvalue weighted by Crippen LogP contribution is -2.32. The zero-order chi connectivity index (χ0) is 13.1. The van der Waals surface area contributed by atoms with Gasteiger partial charge in [0.05, 0.1) is 5.69 Å². The normalized spacial score (nSPS) is 28.6. The van der Waals surface area contributed by atoms with E-state index < -0.39 is 0 Å². The molecule has 1 saturated carbocycles. The third kappa shape index (κ3) is 2.94. The molecule has 2 rings (SSSR count). The van der Waals surface area contributed by atoms with Crippen molar-refractivity contribution in [3.05, 3.63) is 17.5 Å². The number of aromatic nitrogens is 2. The van der Waals surface area contributed by atoms with E-state index >= 15 is 0 Å². The van der Waals surface area contributed by atoms with Gasteiger partial charge in [-0.05, 0) is 56.6 Å². The molecule has 18 heavy (non-hydrogen) atoms. The van der Waals surface area contributed by atoms with Crippen molar-refractivity contribution in [2.75, 3.05) is 6.54 Å². The molecule has 3 atom stereocenters. The van der Waals surface area contributed by atoms with Crippen LogP contribution in [0.5, 0.6) is 0 Å². The topological polar surface area (TPSA) is 43.8 Å². The van der Waals surface area contributed by atoms with Crippen molar-refractivity contribution < 1.29 is 0 Å². The van der Waals surface area contributed by atoms with E-state index in [1.54, 1.807) is 0 Å². The average Bonchev–Trinajstić information content (AvgIpc) is 2.67. The number of aryl methyl sites for hydroxylation is 2. The predicted octanol–water partition coefficient (Wildman–Crippen LogP) is 2.67. The minimum absolute atomic E-state index is 0.711. The van der Waals surface area contributed by atoms with E-state index in [-0.39, 0.29) is 0 Å². The Hall–Kier alpha value is -0.830. The Kier molecular flexibility index (Phi) is 4.44. The first-order valence-electron chi connectivity index (χ1n) is 7.33. The summed E-state index contributed by atoms with van der Waals surface area (Å²) in [6.07, 6.45) is 6.51. The average molecular weight is 249 g/mol. The molecule has 0 bridgehead atoms. The molecule has 3 unspecified atom stereocenters. The first kappa shape index (κ1) is 13.6. The van der Waals surface area contributed by atoms with Crippen LogP contribution in [0.4, 0.5) is 0 Å². The van der Waals surface area contributed by atoms with Gasteiger partial charge in [0.25, 0.3) is 0 Å².